The van der Waals surface area contributed by atoms with Gasteiger partial charge in [0.25, 0.3) is 0 Å². The maximum atomic E-state index is 10.7. The van der Waals surface area contributed by atoms with Crippen molar-refractivity contribution in [3.63, 3.8) is 0 Å². The van der Waals surface area contributed by atoms with Gasteiger partial charge in [-0.2, -0.15) is 0 Å². The summed E-state index contributed by atoms with van der Waals surface area (Å²) in [5.74, 6) is -0.165. The molecule has 0 aliphatic carbocycles. The van der Waals surface area contributed by atoms with Gasteiger partial charge in [-0.05, 0) is 27.9 Å². The lowest BCUT2D eigenvalue weighted by atomic mass is 10.4. The van der Waals surface area contributed by atoms with E-state index in [-0.39, 0.29) is 24.5 Å². The Hall–Kier alpha value is -1.31. The molecular weight excluding hydrogens is 224 g/mol. The molecule has 0 unspecified atom stereocenters. The van der Waals surface area contributed by atoms with Crippen molar-refractivity contribution in [2.45, 2.75) is 25.9 Å². The quantitative estimate of drug-likeness (QED) is 0.417. The number of nitrogens with two attached hydrogens (primary N) is 2. The molecule has 17 heavy (non-hydrogen) atoms. The number of nitrogens with one attached hydrogen (secondary N) is 2. The molecule has 0 radical (unpaired) electrons. The number of hydrogen-bond donors (Lipinski definition) is 4. The average molecular weight is 248 g/mol. The zero-order chi connectivity index (χ0) is 14.3. The minimum absolute atomic E-state index is 0.165. The second-order valence-corrected chi connectivity index (χ2v) is 3.02. The fourth-order valence-electron chi connectivity index (χ4n) is 0.500. The highest BCUT2D eigenvalue weighted by atomic mass is 16.2. The second-order valence-electron chi connectivity index (χ2n) is 3.02. The van der Waals surface area contributed by atoms with Gasteiger partial charge in [-0.1, -0.05) is 0 Å². The summed E-state index contributed by atoms with van der Waals surface area (Å²) in [5.41, 5.74) is 9.42. The molecular formula is C10H24N4O3. The van der Waals surface area contributed by atoms with Crippen molar-refractivity contribution in [1.29, 1.82) is 0 Å². The lowest BCUT2D eigenvalue weighted by Gasteiger charge is -2.05. The third kappa shape index (κ3) is 25.2. The summed E-state index contributed by atoms with van der Waals surface area (Å²) < 4.78 is 0. The molecule has 0 aromatic carbocycles. The van der Waals surface area contributed by atoms with E-state index in [4.69, 9.17) is 5.73 Å². The van der Waals surface area contributed by atoms with Crippen LogP contribution in [-0.4, -0.2) is 51.2 Å². The van der Waals surface area contributed by atoms with Crippen molar-refractivity contribution in [2.75, 3.05) is 20.6 Å². The second kappa shape index (κ2) is 17.1. The molecule has 0 aliphatic rings. The fraction of sp³-hybridized carbons (Fsp3) is 0.700. The first-order chi connectivity index (χ1) is 7.97. The van der Waals surface area contributed by atoms with Crippen molar-refractivity contribution >= 4 is 18.5 Å². The molecule has 0 spiro atoms. The summed E-state index contributed by atoms with van der Waals surface area (Å²) in [6.07, 6.45) is 1.38. The summed E-state index contributed by atoms with van der Waals surface area (Å²) >= 11 is 0. The number of likely N-dealkylation sites (N-methyl/N-ethyl adjacent to an activating group) is 1. The van der Waals surface area contributed by atoms with E-state index in [2.05, 4.69) is 16.4 Å². The Balaban J connectivity index is -0.000000236. The van der Waals surface area contributed by atoms with Gasteiger partial charge in [-0.25, -0.2) is 0 Å². The summed E-state index contributed by atoms with van der Waals surface area (Å²) in [6.45, 7) is 3.51. The molecule has 0 heterocycles. The van der Waals surface area contributed by atoms with Gasteiger partial charge in [-0.15, -0.1) is 0 Å². The first kappa shape index (κ1) is 21.0. The fourth-order valence-corrected chi connectivity index (χ4v) is 0.500. The molecule has 0 rings (SSSR count). The number of hydrogen-bond acceptors (Lipinski definition) is 6. The number of carbonyl (C=O) groups is 3. The van der Waals surface area contributed by atoms with Gasteiger partial charge in [0, 0.05) is 0 Å². The highest BCUT2D eigenvalue weighted by molar-refractivity contribution is 5.81. The lowest BCUT2D eigenvalue weighted by Crippen LogP contribution is -2.38. The van der Waals surface area contributed by atoms with Gasteiger partial charge in [0.05, 0.1) is 18.6 Å². The smallest absolute Gasteiger partial charge is 0.234 e. The van der Waals surface area contributed by atoms with Crippen LogP contribution in [0.4, 0.5) is 0 Å². The zero-order valence-electron chi connectivity index (χ0n) is 10.9. The molecule has 102 valence electrons. The molecule has 0 aromatic rings. The predicted octanol–water partition coefficient (Wildman–Crippen LogP) is -1.98. The van der Waals surface area contributed by atoms with E-state index in [1.54, 1.807) is 20.9 Å². The normalized spacial score (nSPS) is 11.6. The molecule has 0 aromatic heterocycles. The van der Waals surface area contributed by atoms with E-state index in [1.165, 1.54) is 7.05 Å². The van der Waals surface area contributed by atoms with Crippen LogP contribution in [0.1, 0.15) is 13.8 Å². The van der Waals surface area contributed by atoms with E-state index in [0.717, 1.165) is 0 Å². The lowest BCUT2D eigenvalue weighted by molar-refractivity contribution is -0.122. The van der Waals surface area contributed by atoms with Crippen LogP contribution in [-0.2, 0) is 14.4 Å². The van der Waals surface area contributed by atoms with Crippen LogP contribution in [0, 0.1) is 0 Å². The van der Waals surface area contributed by atoms with Crippen LogP contribution in [0.3, 0.4) is 0 Å². The number of carbonyl (C=O) groups excluding carboxylic acids is 3. The van der Waals surface area contributed by atoms with Gasteiger partial charge in [0.15, 0.2) is 0 Å². The highest BCUT2D eigenvalue weighted by Gasteiger charge is 2.02. The van der Waals surface area contributed by atoms with Crippen molar-refractivity contribution < 1.29 is 14.4 Å². The molecule has 6 N–H and O–H groups in total. The van der Waals surface area contributed by atoms with Crippen LogP contribution in [0.2, 0.25) is 0 Å². The number of aldehydes is 2. The topological polar surface area (TPSA) is 127 Å². The molecule has 7 nitrogen and oxygen atoms in total. The van der Waals surface area contributed by atoms with E-state index in [9.17, 15) is 14.4 Å². The molecule has 0 aliphatic heterocycles. The average Bonchev–Trinajstić information content (AvgIpc) is 2.32. The van der Waals surface area contributed by atoms with Gasteiger partial charge >= 0.3 is 0 Å². The zero-order valence-corrected chi connectivity index (χ0v) is 10.9. The van der Waals surface area contributed by atoms with Gasteiger partial charge in [0.2, 0.25) is 5.91 Å². The third-order valence-corrected chi connectivity index (χ3v) is 1.14. The van der Waals surface area contributed by atoms with Crippen molar-refractivity contribution in [3.8, 4) is 0 Å². The largest absolute Gasteiger partial charge is 0.346 e. The maximum Gasteiger partial charge on any atom is 0.234 e. The highest BCUT2D eigenvalue weighted by Crippen LogP contribution is 1.72. The van der Waals surface area contributed by atoms with E-state index in [1.807, 2.05) is 0 Å². The molecule has 1 amide bonds. The monoisotopic (exact) mass is 248 g/mol. The Bertz CT molecular complexity index is 198. The Morgan fingerprint density at radius 2 is 1.65 bits per heavy atom. The number of amides is 1. The Morgan fingerprint density at radius 1 is 1.24 bits per heavy atom. The first-order valence-electron chi connectivity index (χ1n) is 5.15. The van der Waals surface area contributed by atoms with Crippen molar-refractivity contribution in [3.05, 3.63) is 0 Å². The SMILES string of the molecule is CN.CNCC(=O)N[C@@H](C)C=O.C[C@H](N)C=O. The van der Waals surface area contributed by atoms with Crippen LogP contribution in [0.15, 0.2) is 0 Å². The minimum Gasteiger partial charge on any atom is -0.346 e. The van der Waals surface area contributed by atoms with E-state index >= 15 is 0 Å². The number of rotatable bonds is 5. The molecule has 0 saturated carbocycles. The molecule has 0 saturated heterocycles. The van der Waals surface area contributed by atoms with E-state index < -0.39 is 0 Å². The van der Waals surface area contributed by atoms with Gasteiger partial charge in [0.1, 0.15) is 12.6 Å². The van der Waals surface area contributed by atoms with Crippen LogP contribution in [0.5, 0.6) is 0 Å². The predicted molar refractivity (Wildman–Crippen MR) is 67.4 cm³/mol. The Morgan fingerprint density at radius 3 is 1.88 bits per heavy atom. The van der Waals surface area contributed by atoms with Crippen molar-refractivity contribution in [1.82, 2.24) is 10.6 Å². The van der Waals surface area contributed by atoms with Crippen LogP contribution < -0.4 is 22.1 Å². The molecule has 2 atom stereocenters. The first-order valence-corrected chi connectivity index (χ1v) is 5.15. The van der Waals surface area contributed by atoms with Crippen LogP contribution >= 0.6 is 0 Å². The van der Waals surface area contributed by atoms with E-state index in [0.29, 0.717) is 12.6 Å². The van der Waals surface area contributed by atoms with Crippen molar-refractivity contribution in [2.24, 2.45) is 11.5 Å². The summed E-state index contributed by atoms with van der Waals surface area (Å²) in [4.78, 5) is 30.1. The van der Waals surface area contributed by atoms with Gasteiger partial charge < -0.3 is 31.7 Å². The summed E-state index contributed by atoms with van der Waals surface area (Å²) in [6, 6.07) is -0.684. The maximum absolute atomic E-state index is 10.7. The summed E-state index contributed by atoms with van der Waals surface area (Å²) in [7, 11) is 3.17. The Labute approximate surface area is 102 Å². The molecule has 7 heteroatoms. The standard InChI is InChI=1S/C6H12N2O2.C3H7NO.CH5N/c1-5(4-9)8-6(10)3-7-2;1-3(4)2-5;1-2/h4-5,7H,3H2,1-2H3,(H,8,10);2-3H,4H2,1H3;2H2,1H3/t5-;3-;/m00./s1. The minimum atomic E-state index is -0.388. The van der Waals surface area contributed by atoms with Gasteiger partial charge in [-0.3, -0.25) is 4.79 Å². The van der Waals surface area contributed by atoms with Crippen LogP contribution in [0.25, 0.3) is 0 Å². The Kier molecular flexibility index (Phi) is 21.1. The third-order valence-electron chi connectivity index (χ3n) is 1.14. The molecule has 0 bridgehead atoms. The summed E-state index contributed by atoms with van der Waals surface area (Å²) in [5, 5.41) is 5.13. The molecule has 0 fully saturated rings.